The number of para-hydroxylation sites is 2. The fraction of sp³-hybridized carbons (Fsp3) is 0.217. The zero-order valence-electron chi connectivity index (χ0n) is 17.3. The van der Waals surface area contributed by atoms with Crippen molar-refractivity contribution in [3.8, 4) is 11.4 Å². The SMILES string of the molecule is CCOc1ccc(-n2c3nc4ccccc4nc3c3c(=O)n(CCOC)cnc32)cc1. The van der Waals surface area contributed by atoms with E-state index in [-0.39, 0.29) is 5.56 Å². The highest BCUT2D eigenvalue weighted by Crippen LogP contribution is 2.29. The Labute approximate surface area is 177 Å². The summed E-state index contributed by atoms with van der Waals surface area (Å²) in [6.07, 6.45) is 1.55. The first-order valence-electron chi connectivity index (χ1n) is 10.1. The predicted octanol–water partition coefficient (Wildman–Crippen LogP) is 3.33. The Morgan fingerprint density at radius 2 is 1.71 bits per heavy atom. The molecule has 31 heavy (non-hydrogen) atoms. The Morgan fingerprint density at radius 1 is 0.968 bits per heavy atom. The van der Waals surface area contributed by atoms with E-state index in [0.717, 1.165) is 22.5 Å². The van der Waals surface area contributed by atoms with Gasteiger partial charge in [0, 0.05) is 12.8 Å². The van der Waals surface area contributed by atoms with Crippen LogP contribution in [0.2, 0.25) is 0 Å². The van der Waals surface area contributed by atoms with Crippen molar-refractivity contribution >= 4 is 33.2 Å². The van der Waals surface area contributed by atoms with Crippen molar-refractivity contribution < 1.29 is 9.47 Å². The lowest BCUT2D eigenvalue weighted by Crippen LogP contribution is -2.22. The third-order valence-corrected chi connectivity index (χ3v) is 5.17. The number of benzene rings is 2. The van der Waals surface area contributed by atoms with Gasteiger partial charge in [0.25, 0.3) is 5.56 Å². The number of methoxy groups -OCH3 is 1. The van der Waals surface area contributed by atoms with Gasteiger partial charge in [0.15, 0.2) is 11.3 Å². The van der Waals surface area contributed by atoms with Crippen LogP contribution < -0.4 is 10.3 Å². The standard InChI is InChI=1S/C23H21N5O3/c1-3-31-16-10-8-15(9-11-16)28-21-19(23(29)27(14-24-21)12-13-30-2)20-22(28)26-18-7-5-4-6-17(18)25-20/h4-11,14H,3,12-13H2,1-2H3. The average molecular weight is 415 g/mol. The molecular weight excluding hydrogens is 394 g/mol. The summed E-state index contributed by atoms with van der Waals surface area (Å²) in [6, 6.07) is 15.3. The maximum Gasteiger partial charge on any atom is 0.265 e. The van der Waals surface area contributed by atoms with Gasteiger partial charge in [0.2, 0.25) is 0 Å². The molecule has 2 aromatic carbocycles. The van der Waals surface area contributed by atoms with Crippen molar-refractivity contribution in [3.05, 3.63) is 65.2 Å². The first-order chi connectivity index (χ1) is 15.2. The first-order valence-corrected chi connectivity index (χ1v) is 10.1. The van der Waals surface area contributed by atoms with Crippen molar-refractivity contribution in [2.24, 2.45) is 0 Å². The van der Waals surface area contributed by atoms with Gasteiger partial charge in [-0.1, -0.05) is 12.1 Å². The van der Waals surface area contributed by atoms with Crippen LogP contribution in [0.5, 0.6) is 5.75 Å². The van der Waals surface area contributed by atoms with E-state index in [1.165, 1.54) is 0 Å². The summed E-state index contributed by atoms with van der Waals surface area (Å²) in [7, 11) is 1.60. The Hall–Kier alpha value is -3.78. The number of aromatic nitrogens is 5. The molecule has 8 heteroatoms. The van der Waals surface area contributed by atoms with E-state index in [2.05, 4.69) is 4.98 Å². The first kappa shape index (κ1) is 19.2. The summed E-state index contributed by atoms with van der Waals surface area (Å²) in [5.41, 5.74) is 3.79. The zero-order valence-corrected chi connectivity index (χ0v) is 17.3. The fourth-order valence-corrected chi connectivity index (χ4v) is 3.72. The van der Waals surface area contributed by atoms with Crippen molar-refractivity contribution in [3.63, 3.8) is 0 Å². The number of rotatable bonds is 6. The van der Waals surface area contributed by atoms with Crippen molar-refractivity contribution in [2.45, 2.75) is 13.5 Å². The van der Waals surface area contributed by atoms with Crippen molar-refractivity contribution in [2.75, 3.05) is 20.3 Å². The Kier molecular flexibility index (Phi) is 4.83. The lowest BCUT2D eigenvalue weighted by molar-refractivity contribution is 0.186. The molecule has 0 atom stereocenters. The highest BCUT2D eigenvalue weighted by molar-refractivity contribution is 6.05. The van der Waals surface area contributed by atoms with Crippen molar-refractivity contribution in [1.29, 1.82) is 0 Å². The molecule has 0 spiro atoms. The van der Waals surface area contributed by atoms with Crippen LogP contribution in [-0.2, 0) is 11.3 Å². The number of hydrogen-bond donors (Lipinski definition) is 0. The van der Waals surface area contributed by atoms with Gasteiger partial charge in [-0.05, 0) is 43.3 Å². The van der Waals surface area contributed by atoms with Gasteiger partial charge in [0.1, 0.15) is 23.0 Å². The Balaban J connectivity index is 1.84. The third-order valence-electron chi connectivity index (χ3n) is 5.17. The largest absolute Gasteiger partial charge is 0.494 e. The molecule has 0 aliphatic heterocycles. The van der Waals surface area contributed by atoms with E-state index in [0.29, 0.717) is 42.0 Å². The minimum absolute atomic E-state index is 0.165. The Morgan fingerprint density at radius 3 is 2.42 bits per heavy atom. The maximum absolute atomic E-state index is 13.3. The highest BCUT2D eigenvalue weighted by atomic mass is 16.5. The monoisotopic (exact) mass is 415 g/mol. The minimum Gasteiger partial charge on any atom is -0.494 e. The summed E-state index contributed by atoms with van der Waals surface area (Å²) >= 11 is 0. The van der Waals surface area contributed by atoms with E-state index < -0.39 is 0 Å². The second-order valence-electron chi connectivity index (χ2n) is 7.08. The topological polar surface area (TPSA) is 84.1 Å². The number of hydrogen-bond acceptors (Lipinski definition) is 6. The summed E-state index contributed by atoms with van der Waals surface area (Å²) < 4.78 is 14.1. The zero-order chi connectivity index (χ0) is 21.4. The molecule has 0 saturated heterocycles. The van der Waals surface area contributed by atoms with Crippen LogP contribution in [0.25, 0.3) is 38.9 Å². The van der Waals surface area contributed by atoms with Gasteiger partial charge in [-0.2, -0.15) is 0 Å². The van der Waals surface area contributed by atoms with Crippen molar-refractivity contribution in [1.82, 2.24) is 24.1 Å². The van der Waals surface area contributed by atoms with Gasteiger partial charge >= 0.3 is 0 Å². The molecule has 5 rings (SSSR count). The molecule has 0 N–H and O–H groups in total. The summed E-state index contributed by atoms with van der Waals surface area (Å²) in [6.45, 7) is 3.36. The molecule has 0 fully saturated rings. The van der Waals surface area contributed by atoms with Gasteiger partial charge in [0.05, 0.1) is 30.8 Å². The second-order valence-corrected chi connectivity index (χ2v) is 7.08. The summed E-state index contributed by atoms with van der Waals surface area (Å²) in [5, 5.41) is 0.445. The molecule has 0 aliphatic carbocycles. The molecule has 8 nitrogen and oxygen atoms in total. The molecule has 3 aromatic heterocycles. The molecule has 156 valence electrons. The molecule has 0 aliphatic rings. The Bertz CT molecular complexity index is 1450. The number of nitrogens with zero attached hydrogens (tertiary/aromatic N) is 5. The normalized spacial score (nSPS) is 11.5. The average Bonchev–Trinajstić information content (AvgIpc) is 3.12. The quantitative estimate of drug-likeness (QED) is 0.423. The maximum atomic E-state index is 13.3. The molecule has 5 aromatic rings. The molecule has 0 amide bonds. The molecule has 0 bridgehead atoms. The van der Waals surface area contributed by atoms with Crippen LogP contribution in [0.15, 0.2) is 59.7 Å². The highest BCUT2D eigenvalue weighted by Gasteiger charge is 2.20. The van der Waals surface area contributed by atoms with Crippen LogP contribution in [0.4, 0.5) is 0 Å². The van der Waals surface area contributed by atoms with Gasteiger partial charge in [-0.25, -0.2) is 15.0 Å². The molecule has 3 heterocycles. The predicted molar refractivity (Wildman–Crippen MR) is 119 cm³/mol. The van der Waals surface area contributed by atoms with E-state index in [4.69, 9.17) is 19.4 Å². The number of fused-ring (bicyclic) bond motifs is 4. The van der Waals surface area contributed by atoms with Gasteiger partial charge in [-0.15, -0.1) is 0 Å². The van der Waals surface area contributed by atoms with Crippen LogP contribution in [-0.4, -0.2) is 44.4 Å². The summed E-state index contributed by atoms with van der Waals surface area (Å²) in [5.74, 6) is 0.776. The third kappa shape index (κ3) is 3.21. The summed E-state index contributed by atoms with van der Waals surface area (Å²) in [4.78, 5) is 27.6. The molecule has 0 unspecified atom stereocenters. The van der Waals surface area contributed by atoms with Crippen LogP contribution in [0.3, 0.4) is 0 Å². The van der Waals surface area contributed by atoms with Crippen LogP contribution in [0.1, 0.15) is 6.92 Å². The van der Waals surface area contributed by atoms with Crippen LogP contribution in [0, 0.1) is 0 Å². The minimum atomic E-state index is -0.165. The van der Waals surface area contributed by atoms with E-state index in [1.54, 1.807) is 18.0 Å². The molecule has 0 radical (unpaired) electrons. The van der Waals surface area contributed by atoms with E-state index in [1.807, 2.05) is 60.0 Å². The lowest BCUT2D eigenvalue weighted by atomic mass is 10.3. The lowest BCUT2D eigenvalue weighted by Gasteiger charge is -2.09. The van der Waals surface area contributed by atoms with E-state index in [9.17, 15) is 4.79 Å². The van der Waals surface area contributed by atoms with Gasteiger partial charge < -0.3 is 9.47 Å². The van der Waals surface area contributed by atoms with Gasteiger partial charge in [-0.3, -0.25) is 13.9 Å². The van der Waals surface area contributed by atoms with E-state index >= 15 is 0 Å². The molecular formula is C23H21N5O3. The fourth-order valence-electron chi connectivity index (χ4n) is 3.72. The second kappa shape index (κ2) is 7.81. The number of ether oxygens (including phenoxy) is 2. The smallest absolute Gasteiger partial charge is 0.265 e. The molecule has 0 saturated carbocycles. The van der Waals surface area contributed by atoms with Crippen LogP contribution >= 0.6 is 0 Å².